The number of hydrogen-bond donors (Lipinski definition) is 0. The highest BCUT2D eigenvalue weighted by atomic mass is 16.3. The van der Waals surface area contributed by atoms with Gasteiger partial charge in [0.2, 0.25) is 0 Å². The topological polar surface area (TPSA) is 45.4 Å². The number of anilines is 1. The van der Waals surface area contributed by atoms with Crippen molar-refractivity contribution in [1.29, 1.82) is 0 Å². The Labute approximate surface area is 189 Å². The Balaban J connectivity index is 1.28. The molecular weight excluding hydrogens is 396 g/mol. The Bertz CT molecular complexity index is 1160. The summed E-state index contributed by atoms with van der Waals surface area (Å²) in [5, 5.41) is 1.17. The minimum Gasteiger partial charge on any atom is -0.458 e. The number of furan rings is 1. The lowest BCUT2D eigenvalue weighted by Crippen LogP contribution is -2.47. The number of para-hydroxylation sites is 1. The van der Waals surface area contributed by atoms with Crippen LogP contribution < -0.4 is 4.90 Å². The van der Waals surface area contributed by atoms with E-state index in [-0.39, 0.29) is 5.92 Å². The van der Waals surface area contributed by atoms with Gasteiger partial charge in [0.1, 0.15) is 5.76 Å². The van der Waals surface area contributed by atoms with E-state index in [1.807, 2.05) is 25.4 Å². The molecule has 5 nitrogen and oxygen atoms in total. The first-order valence-electron chi connectivity index (χ1n) is 11.5. The van der Waals surface area contributed by atoms with Crippen molar-refractivity contribution in [3.63, 3.8) is 0 Å². The molecule has 3 aromatic heterocycles. The SMILES string of the molecule is Cc1ccc(C(C)c2cc3cccc(N4CCN(CCc5ccccn5)CC4)c3o2)cn1. The van der Waals surface area contributed by atoms with Crippen molar-refractivity contribution in [1.82, 2.24) is 14.9 Å². The number of fused-ring (bicyclic) bond motifs is 1. The molecule has 164 valence electrons. The first-order valence-corrected chi connectivity index (χ1v) is 11.5. The fraction of sp³-hybridized carbons (Fsp3) is 0.333. The van der Waals surface area contributed by atoms with E-state index in [4.69, 9.17) is 4.42 Å². The summed E-state index contributed by atoms with van der Waals surface area (Å²) in [7, 11) is 0. The predicted octanol–water partition coefficient (Wildman–Crippen LogP) is 5.05. The molecule has 1 saturated heterocycles. The fourth-order valence-electron chi connectivity index (χ4n) is 4.46. The highest BCUT2D eigenvalue weighted by molar-refractivity contribution is 5.90. The molecule has 0 radical (unpaired) electrons. The third kappa shape index (κ3) is 4.39. The van der Waals surface area contributed by atoms with E-state index in [1.54, 1.807) is 0 Å². The summed E-state index contributed by atoms with van der Waals surface area (Å²) in [5.41, 5.74) is 5.58. The highest BCUT2D eigenvalue weighted by Gasteiger charge is 2.21. The van der Waals surface area contributed by atoms with Gasteiger partial charge < -0.3 is 9.32 Å². The van der Waals surface area contributed by atoms with Crippen LogP contribution >= 0.6 is 0 Å². The normalized spacial score (nSPS) is 15.9. The zero-order chi connectivity index (χ0) is 21.9. The Kier molecular flexibility index (Phi) is 5.91. The molecule has 5 rings (SSSR count). The van der Waals surface area contributed by atoms with E-state index >= 15 is 0 Å². The van der Waals surface area contributed by atoms with Crippen molar-refractivity contribution >= 4 is 16.7 Å². The molecule has 1 atom stereocenters. The molecule has 1 aromatic carbocycles. The van der Waals surface area contributed by atoms with Crippen LogP contribution in [-0.4, -0.2) is 47.6 Å². The van der Waals surface area contributed by atoms with Gasteiger partial charge in [-0.2, -0.15) is 0 Å². The number of pyridine rings is 2. The molecular formula is C27H30N4O. The molecule has 4 heterocycles. The number of aromatic nitrogens is 2. The molecule has 0 spiro atoms. The maximum atomic E-state index is 6.44. The summed E-state index contributed by atoms with van der Waals surface area (Å²) in [6.45, 7) is 9.39. The summed E-state index contributed by atoms with van der Waals surface area (Å²) in [6.07, 6.45) is 4.84. The first kappa shape index (κ1) is 20.7. The number of rotatable bonds is 6. The number of piperazine rings is 1. The third-order valence-electron chi connectivity index (χ3n) is 6.53. The molecule has 5 heteroatoms. The van der Waals surface area contributed by atoms with Crippen molar-refractivity contribution in [2.75, 3.05) is 37.6 Å². The average Bonchev–Trinajstić information content (AvgIpc) is 3.28. The standard InChI is InChI=1S/C27H30N4O/c1-20-9-10-23(19-29-20)21(2)26-18-22-6-5-8-25(27(22)32-26)31-16-14-30(15-17-31)13-11-24-7-3-4-12-28-24/h3-10,12,18-19,21H,11,13-17H2,1-2H3. The average molecular weight is 427 g/mol. The molecule has 1 aliphatic heterocycles. The summed E-state index contributed by atoms with van der Waals surface area (Å²) < 4.78 is 6.44. The zero-order valence-corrected chi connectivity index (χ0v) is 18.9. The summed E-state index contributed by atoms with van der Waals surface area (Å²) >= 11 is 0. The van der Waals surface area contributed by atoms with Gasteiger partial charge in [-0.1, -0.05) is 31.2 Å². The van der Waals surface area contributed by atoms with Crippen molar-refractivity contribution < 1.29 is 4.42 Å². The molecule has 0 N–H and O–H groups in total. The van der Waals surface area contributed by atoms with Crippen LogP contribution in [-0.2, 0) is 6.42 Å². The molecule has 32 heavy (non-hydrogen) atoms. The molecule has 0 saturated carbocycles. The molecule has 1 fully saturated rings. The quantitative estimate of drug-likeness (QED) is 0.432. The molecule has 4 aromatic rings. The van der Waals surface area contributed by atoms with E-state index < -0.39 is 0 Å². The maximum absolute atomic E-state index is 6.44. The minimum atomic E-state index is 0.173. The van der Waals surface area contributed by atoms with Crippen LogP contribution in [0.3, 0.4) is 0 Å². The second kappa shape index (κ2) is 9.13. The van der Waals surface area contributed by atoms with Gasteiger partial charge in [0.25, 0.3) is 0 Å². The Hall–Kier alpha value is -3.18. The molecule has 0 bridgehead atoms. The number of nitrogens with zero attached hydrogens (tertiary/aromatic N) is 4. The van der Waals surface area contributed by atoms with Crippen LogP contribution in [0.4, 0.5) is 5.69 Å². The molecule has 0 amide bonds. The highest BCUT2D eigenvalue weighted by Crippen LogP contribution is 2.35. The third-order valence-corrected chi connectivity index (χ3v) is 6.53. The van der Waals surface area contributed by atoms with Crippen LogP contribution in [0.2, 0.25) is 0 Å². The predicted molar refractivity (Wildman–Crippen MR) is 129 cm³/mol. The van der Waals surface area contributed by atoms with E-state index in [2.05, 4.69) is 75.2 Å². The van der Waals surface area contributed by atoms with E-state index in [0.717, 1.165) is 56.2 Å². The summed E-state index contributed by atoms with van der Waals surface area (Å²) in [5.74, 6) is 1.17. The van der Waals surface area contributed by atoms with Gasteiger partial charge in [0, 0.05) is 74.2 Å². The summed E-state index contributed by atoms with van der Waals surface area (Å²) in [6, 6.07) is 19.0. The van der Waals surface area contributed by atoms with Gasteiger partial charge in [0.05, 0.1) is 5.69 Å². The Morgan fingerprint density at radius 3 is 2.59 bits per heavy atom. The van der Waals surface area contributed by atoms with Crippen molar-refractivity contribution in [3.05, 3.63) is 89.7 Å². The van der Waals surface area contributed by atoms with Crippen LogP contribution in [0, 0.1) is 6.92 Å². The lowest BCUT2D eigenvalue weighted by atomic mass is 10.00. The zero-order valence-electron chi connectivity index (χ0n) is 18.9. The maximum Gasteiger partial charge on any atom is 0.157 e. The first-order chi connectivity index (χ1) is 15.7. The van der Waals surface area contributed by atoms with Crippen LogP contribution in [0.1, 0.15) is 35.6 Å². The number of benzene rings is 1. The van der Waals surface area contributed by atoms with Gasteiger partial charge >= 0.3 is 0 Å². The Morgan fingerprint density at radius 1 is 0.969 bits per heavy atom. The van der Waals surface area contributed by atoms with Crippen molar-refractivity contribution in [3.8, 4) is 0 Å². The monoisotopic (exact) mass is 426 g/mol. The summed E-state index contributed by atoms with van der Waals surface area (Å²) in [4.78, 5) is 13.9. The van der Waals surface area contributed by atoms with Gasteiger partial charge in [-0.15, -0.1) is 0 Å². The van der Waals surface area contributed by atoms with Gasteiger partial charge in [-0.3, -0.25) is 14.9 Å². The van der Waals surface area contributed by atoms with Crippen molar-refractivity contribution in [2.45, 2.75) is 26.2 Å². The van der Waals surface area contributed by atoms with Gasteiger partial charge in [0.15, 0.2) is 5.58 Å². The fourth-order valence-corrected chi connectivity index (χ4v) is 4.46. The van der Waals surface area contributed by atoms with Crippen LogP contribution in [0.5, 0.6) is 0 Å². The lowest BCUT2D eigenvalue weighted by Gasteiger charge is -2.36. The van der Waals surface area contributed by atoms with E-state index in [1.165, 1.54) is 22.3 Å². The van der Waals surface area contributed by atoms with Gasteiger partial charge in [-0.25, -0.2) is 0 Å². The van der Waals surface area contributed by atoms with E-state index in [9.17, 15) is 0 Å². The largest absolute Gasteiger partial charge is 0.458 e. The number of hydrogen-bond acceptors (Lipinski definition) is 5. The smallest absolute Gasteiger partial charge is 0.157 e. The Morgan fingerprint density at radius 2 is 1.84 bits per heavy atom. The molecule has 0 aliphatic carbocycles. The minimum absolute atomic E-state index is 0.173. The second-order valence-electron chi connectivity index (χ2n) is 8.70. The van der Waals surface area contributed by atoms with Crippen LogP contribution in [0.25, 0.3) is 11.0 Å². The van der Waals surface area contributed by atoms with Crippen molar-refractivity contribution in [2.24, 2.45) is 0 Å². The second-order valence-corrected chi connectivity index (χ2v) is 8.70. The van der Waals surface area contributed by atoms with E-state index in [0.29, 0.717) is 0 Å². The van der Waals surface area contributed by atoms with Gasteiger partial charge in [-0.05, 0) is 42.8 Å². The molecule has 1 unspecified atom stereocenters. The number of aryl methyl sites for hydroxylation is 1. The molecule has 1 aliphatic rings. The lowest BCUT2D eigenvalue weighted by molar-refractivity contribution is 0.260. The van der Waals surface area contributed by atoms with Crippen LogP contribution in [0.15, 0.2) is 71.4 Å².